The summed E-state index contributed by atoms with van der Waals surface area (Å²) < 4.78 is 0. The summed E-state index contributed by atoms with van der Waals surface area (Å²) in [4.78, 5) is 10.7. The molecule has 0 aromatic heterocycles. The fourth-order valence-electron chi connectivity index (χ4n) is 1.03. The maximum atomic E-state index is 10.7. The molecule has 0 aliphatic rings. The Kier molecular flexibility index (Phi) is 8.02. The molecule has 2 nitrogen and oxygen atoms in total. The molecule has 0 heterocycles. The summed E-state index contributed by atoms with van der Waals surface area (Å²) in [5, 5.41) is 0. The molecule has 1 aromatic carbocycles. The number of nitrogens with two attached hydrogens (primary N) is 1. The van der Waals surface area contributed by atoms with E-state index >= 15 is 0 Å². The molecule has 1 amide bonds. The van der Waals surface area contributed by atoms with Crippen molar-refractivity contribution >= 4 is 15.8 Å². The molecule has 0 saturated heterocycles. The minimum absolute atomic E-state index is 0. The quantitative estimate of drug-likeness (QED) is 0.606. The van der Waals surface area contributed by atoms with Crippen molar-refractivity contribution in [2.75, 3.05) is 0 Å². The summed E-state index contributed by atoms with van der Waals surface area (Å²) in [7, 11) is 0. The average molecular weight is 271 g/mol. The number of primary amides is 1. The zero-order chi connectivity index (χ0) is 8.43. The monoisotopic (exact) mass is 271 g/mol. The van der Waals surface area contributed by atoms with Crippen LogP contribution in [0, 0.1) is 19.9 Å². The standard InChI is InChI=1S/C9H10NO.H3P.Y/c1-6-3-7(2)5-8(4-6)9(10)11;;/h4-5H,1-2H3,(H2,10,11);1H3;/q-1;;. The summed E-state index contributed by atoms with van der Waals surface area (Å²) in [5.41, 5.74) is 7.54. The molecule has 0 aliphatic carbocycles. The number of carbonyl (C=O) groups excluding carboxylic acids is 1. The largest absolute Gasteiger partial charge is 0.367 e. The van der Waals surface area contributed by atoms with Crippen LogP contribution in [0.5, 0.6) is 0 Å². The molecule has 1 unspecified atom stereocenters. The molecular weight excluding hydrogens is 258 g/mol. The number of hydrogen-bond acceptors (Lipinski definition) is 1. The molecule has 1 aromatic rings. The first-order valence-electron chi connectivity index (χ1n) is 3.40. The molecule has 0 aliphatic heterocycles. The van der Waals surface area contributed by atoms with Gasteiger partial charge in [-0.05, 0) is 0 Å². The molecule has 4 heteroatoms. The van der Waals surface area contributed by atoms with Crippen LogP contribution in [0.25, 0.3) is 0 Å². The second-order valence-electron chi connectivity index (χ2n) is 2.60. The van der Waals surface area contributed by atoms with Crippen LogP contribution < -0.4 is 5.73 Å². The van der Waals surface area contributed by atoms with Gasteiger partial charge in [0.05, 0.1) is 0 Å². The van der Waals surface area contributed by atoms with E-state index in [9.17, 15) is 4.79 Å². The summed E-state index contributed by atoms with van der Waals surface area (Å²) in [5.74, 6) is -0.384. The van der Waals surface area contributed by atoms with Crippen LogP contribution in [0.1, 0.15) is 21.5 Å². The van der Waals surface area contributed by atoms with Crippen LogP contribution in [0.4, 0.5) is 0 Å². The SMILES string of the molecule is Cc1[c-]c(C)cc(C(N)=O)c1.P.[Y]. The third-order valence-corrected chi connectivity index (χ3v) is 1.42. The summed E-state index contributed by atoms with van der Waals surface area (Å²) in [6.45, 7) is 3.78. The second kappa shape index (κ2) is 6.64. The van der Waals surface area contributed by atoms with Crippen molar-refractivity contribution in [3.63, 3.8) is 0 Å². The summed E-state index contributed by atoms with van der Waals surface area (Å²) >= 11 is 0. The predicted octanol–water partition coefficient (Wildman–Crippen LogP) is 1.26. The molecule has 1 atom stereocenters. The Labute approximate surface area is 107 Å². The van der Waals surface area contributed by atoms with Crippen LogP contribution in [0.15, 0.2) is 12.1 Å². The van der Waals surface area contributed by atoms with Gasteiger partial charge in [0.2, 0.25) is 5.91 Å². The fraction of sp³-hybridized carbons (Fsp3) is 0.222. The Hall–Kier alpha value is 0.224. The van der Waals surface area contributed by atoms with Crippen molar-refractivity contribution in [3.05, 3.63) is 34.9 Å². The third-order valence-electron chi connectivity index (χ3n) is 1.42. The Morgan fingerprint density at radius 1 is 1.31 bits per heavy atom. The van der Waals surface area contributed by atoms with Crippen molar-refractivity contribution in [1.82, 2.24) is 0 Å². The molecule has 0 bridgehead atoms. The van der Waals surface area contributed by atoms with E-state index in [0.29, 0.717) is 5.56 Å². The zero-order valence-corrected chi connectivity index (χ0v) is 12.2. The van der Waals surface area contributed by atoms with E-state index in [1.807, 2.05) is 13.8 Å². The normalized spacial score (nSPS) is 8.15. The molecular formula is C9H13NOPY-. The maximum absolute atomic E-state index is 10.7. The molecule has 0 fully saturated rings. The minimum Gasteiger partial charge on any atom is -0.367 e. The molecule has 0 saturated carbocycles. The topological polar surface area (TPSA) is 43.1 Å². The van der Waals surface area contributed by atoms with Crippen molar-refractivity contribution in [2.45, 2.75) is 13.8 Å². The van der Waals surface area contributed by atoms with Gasteiger partial charge in [0.1, 0.15) is 0 Å². The van der Waals surface area contributed by atoms with E-state index in [1.165, 1.54) is 0 Å². The Morgan fingerprint density at radius 3 is 2.00 bits per heavy atom. The van der Waals surface area contributed by atoms with E-state index in [1.54, 1.807) is 12.1 Å². The molecule has 1 radical (unpaired) electrons. The minimum atomic E-state index is -0.384. The molecule has 1 rings (SSSR count). The Bertz CT molecular complexity index is 281. The summed E-state index contributed by atoms with van der Waals surface area (Å²) in [6, 6.07) is 6.52. The number of aryl methyl sites for hydroxylation is 2. The van der Waals surface area contributed by atoms with Gasteiger partial charge in [-0.2, -0.15) is 39.2 Å². The van der Waals surface area contributed by atoms with Gasteiger partial charge in [0, 0.05) is 32.7 Å². The fourth-order valence-corrected chi connectivity index (χ4v) is 1.03. The van der Waals surface area contributed by atoms with E-state index in [4.69, 9.17) is 5.73 Å². The predicted molar refractivity (Wildman–Crippen MR) is 54.4 cm³/mol. The van der Waals surface area contributed by atoms with Gasteiger partial charge in [-0.3, -0.25) is 4.79 Å². The number of rotatable bonds is 1. The molecule has 0 spiro atoms. The van der Waals surface area contributed by atoms with Gasteiger partial charge in [0.15, 0.2) is 0 Å². The molecule has 69 valence electrons. The van der Waals surface area contributed by atoms with Crippen LogP contribution in [0.3, 0.4) is 0 Å². The van der Waals surface area contributed by atoms with Crippen LogP contribution in [-0.2, 0) is 32.7 Å². The first-order valence-corrected chi connectivity index (χ1v) is 3.40. The Morgan fingerprint density at radius 2 is 1.69 bits per heavy atom. The van der Waals surface area contributed by atoms with E-state index in [0.717, 1.165) is 11.1 Å². The number of benzene rings is 1. The first-order chi connectivity index (χ1) is 5.09. The van der Waals surface area contributed by atoms with E-state index in [2.05, 4.69) is 6.07 Å². The number of carbonyl (C=O) groups is 1. The molecule has 13 heavy (non-hydrogen) atoms. The number of amides is 1. The van der Waals surface area contributed by atoms with Crippen molar-refractivity contribution < 1.29 is 37.5 Å². The van der Waals surface area contributed by atoms with Gasteiger partial charge in [0.25, 0.3) is 0 Å². The van der Waals surface area contributed by atoms with E-state index < -0.39 is 0 Å². The average Bonchev–Trinajstić information content (AvgIpc) is 1.85. The third kappa shape index (κ3) is 4.85. The smallest absolute Gasteiger partial charge is 0.224 e. The van der Waals surface area contributed by atoms with Crippen molar-refractivity contribution in [3.8, 4) is 0 Å². The number of hydrogen-bond donors (Lipinski definition) is 1. The van der Waals surface area contributed by atoms with Gasteiger partial charge in [-0.1, -0.05) is 19.4 Å². The summed E-state index contributed by atoms with van der Waals surface area (Å²) in [6.07, 6.45) is 0. The maximum Gasteiger partial charge on any atom is 0.224 e. The first kappa shape index (κ1) is 15.7. The van der Waals surface area contributed by atoms with Crippen molar-refractivity contribution in [2.24, 2.45) is 5.73 Å². The Balaban J connectivity index is 0. The van der Waals surface area contributed by atoms with Gasteiger partial charge < -0.3 is 5.73 Å². The van der Waals surface area contributed by atoms with Gasteiger partial charge in [-0.15, -0.1) is 0 Å². The zero-order valence-electron chi connectivity index (χ0n) is 7.92. The van der Waals surface area contributed by atoms with Crippen molar-refractivity contribution in [1.29, 1.82) is 0 Å². The van der Waals surface area contributed by atoms with Gasteiger partial charge in [-0.25, -0.2) is 0 Å². The van der Waals surface area contributed by atoms with Crippen LogP contribution in [0.2, 0.25) is 0 Å². The van der Waals surface area contributed by atoms with Gasteiger partial charge >= 0.3 is 0 Å². The van der Waals surface area contributed by atoms with Crippen LogP contribution >= 0.6 is 9.90 Å². The van der Waals surface area contributed by atoms with E-state index in [-0.39, 0.29) is 48.5 Å². The van der Waals surface area contributed by atoms with Crippen LogP contribution in [-0.4, -0.2) is 5.91 Å². The molecule has 2 N–H and O–H groups in total. The second-order valence-corrected chi connectivity index (χ2v) is 2.60.